The number of carbonyl (C=O) groups is 1. The summed E-state index contributed by atoms with van der Waals surface area (Å²) in [6.07, 6.45) is 0. The third-order valence-electron chi connectivity index (χ3n) is 3.21. The average Bonchev–Trinajstić information content (AvgIpc) is 2.44. The topological polar surface area (TPSA) is 29.1 Å². The highest BCUT2D eigenvalue weighted by Crippen LogP contribution is 2.20. The summed E-state index contributed by atoms with van der Waals surface area (Å²) in [4.78, 5) is 12.0. The van der Waals surface area contributed by atoms with Gasteiger partial charge in [-0.25, -0.2) is 0 Å². The van der Waals surface area contributed by atoms with Crippen molar-refractivity contribution in [1.82, 2.24) is 0 Å². The van der Waals surface area contributed by atoms with Crippen molar-refractivity contribution in [2.24, 2.45) is 0 Å². The first-order chi connectivity index (χ1) is 10.1. The first kappa shape index (κ1) is 15.9. The highest BCUT2D eigenvalue weighted by Gasteiger charge is 2.06. The number of nitrogens with one attached hydrogen (secondary N) is 1. The number of aryl methyl sites for hydroxylation is 2. The lowest BCUT2D eigenvalue weighted by Gasteiger charge is -2.09. The molecule has 0 saturated heterocycles. The molecular weight excluding hydrogens is 302 g/mol. The number of carbonyl (C=O) groups excluding carboxylic acids is 1. The fourth-order valence-corrected chi connectivity index (χ4v) is 3.11. The molecule has 1 N–H and O–H groups in total. The van der Waals surface area contributed by atoms with Crippen LogP contribution in [0.25, 0.3) is 0 Å². The molecule has 2 aromatic rings. The molecule has 0 aliphatic rings. The fraction of sp³-hybridized carbons (Fsp3) is 0.235. The minimum absolute atomic E-state index is 0.0130. The number of halogens is 1. The van der Waals surface area contributed by atoms with Gasteiger partial charge in [0.2, 0.25) is 5.91 Å². The zero-order valence-corrected chi connectivity index (χ0v) is 13.7. The Bertz CT molecular complexity index is 642. The molecule has 21 heavy (non-hydrogen) atoms. The van der Waals surface area contributed by atoms with E-state index in [0.717, 1.165) is 17.0 Å². The Morgan fingerprint density at radius 2 is 1.90 bits per heavy atom. The monoisotopic (exact) mass is 319 g/mol. The molecule has 0 aliphatic heterocycles. The Morgan fingerprint density at radius 3 is 2.62 bits per heavy atom. The molecule has 4 heteroatoms. The van der Waals surface area contributed by atoms with Crippen LogP contribution in [-0.4, -0.2) is 11.7 Å². The van der Waals surface area contributed by atoms with Crippen molar-refractivity contribution in [3.63, 3.8) is 0 Å². The Kier molecular flexibility index (Phi) is 5.71. The van der Waals surface area contributed by atoms with E-state index in [1.807, 2.05) is 31.2 Å². The Labute approximate surface area is 134 Å². The zero-order valence-electron chi connectivity index (χ0n) is 12.2. The zero-order chi connectivity index (χ0) is 15.2. The van der Waals surface area contributed by atoms with Gasteiger partial charge in [-0.1, -0.05) is 35.9 Å². The second-order valence-corrected chi connectivity index (χ2v) is 6.35. The summed E-state index contributed by atoms with van der Waals surface area (Å²) in [6.45, 7) is 4.02. The standard InChI is InChI=1S/C17H18ClNOS/c1-12-5-3-4-6-14(12)10-21-11-17(20)19-16-8-7-15(18)9-13(16)2/h3-9H,10-11H2,1-2H3,(H,19,20). The maximum Gasteiger partial charge on any atom is 0.234 e. The summed E-state index contributed by atoms with van der Waals surface area (Å²) >= 11 is 7.52. The summed E-state index contributed by atoms with van der Waals surface area (Å²) in [5.41, 5.74) is 4.33. The van der Waals surface area contributed by atoms with Crippen LogP contribution in [0.2, 0.25) is 5.02 Å². The molecule has 2 aromatic carbocycles. The van der Waals surface area contributed by atoms with E-state index in [2.05, 4.69) is 24.4 Å². The van der Waals surface area contributed by atoms with Crippen molar-refractivity contribution in [2.75, 3.05) is 11.1 Å². The average molecular weight is 320 g/mol. The van der Waals surface area contributed by atoms with Gasteiger partial charge in [-0.3, -0.25) is 4.79 Å². The molecule has 110 valence electrons. The van der Waals surface area contributed by atoms with Crippen LogP contribution in [0.1, 0.15) is 16.7 Å². The summed E-state index contributed by atoms with van der Waals surface area (Å²) in [5.74, 6) is 1.30. The van der Waals surface area contributed by atoms with Crippen LogP contribution >= 0.6 is 23.4 Å². The van der Waals surface area contributed by atoms with E-state index >= 15 is 0 Å². The Morgan fingerprint density at radius 1 is 1.14 bits per heavy atom. The second-order valence-electron chi connectivity index (χ2n) is 4.93. The minimum atomic E-state index is 0.0130. The molecule has 0 saturated carbocycles. The third kappa shape index (κ3) is 4.80. The van der Waals surface area contributed by atoms with Crippen molar-refractivity contribution in [1.29, 1.82) is 0 Å². The van der Waals surface area contributed by atoms with Gasteiger partial charge in [0.05, 0.1) is 5.75 Å². The number of anilines is 1. The quantitative estimate of drug-likeness (QED) is 0.855. The maximum absolute atomic E-state index is 12.0. The van der Waals surface area contributed by atoms with Crippen LogP contribution < -0.4 is 5.32 Å². The molecule has 0 spiro atoms. The largest absolute Gasteiger partial charge is 0.325 e. The van der Waals surface area contributed by atoms with E-state index in [0.29, 0.717) is 10.8 Å². The number of hydrogen-bond acceptors (Lipinski definition) is 2. The lowest BCUT2D eigenvalue weighted by atomic mass is 10.1. The molecule has 0 aromatic heterocycles. The van der Waals surface area contributed by atoms with Gasteiger partial charge in [0.15, 0.2) is 0 Å². The smallest absolute Gasteiger partial charge is 0.234 e. The first-order valence-corrected chi connectivity index (χ1v) is 8.28. The normalized spacial score (nSPS) is 10.4. The summed E-state index contributed by atoms with van der Waals surface area (Å²) in [6, 6.07) is 13.7. The molecule has 1 amide bonds. The van der Waals surface area contributed by atoms with Gasteiger partial charge in [0.1, 0.15) is 0 Å². The highest BCUT2D eigenvalue weighted by molar-refractivity contribution is 7.99. The molecule has 0 aliphatic carbocycles. The fourth-order valence-electron chi connectivity index (χ4n) is 1.98. The summed E-state index contributed by atoms with van der Waals surface area (Å²) in [7, 11) is 0. The minimum Gasteiger partial charge on any atom is -0.325 e. The lowest BCUT2D eigenvalue weighted by molar-refractivity contribution is -0.113. The SMILES string of the molecule is Cc1ccccc1CSCC(=O)Nc1ccc(Cl)cc1C. The predicted octanol–water partition coefficient (Wildman–Crippen LogP) is 4.83. The van der Waals surface area contributed by atoms with Gasteiger partial charge < -0.3 is 5.32 Å². The van der Waals surface area contributed by atoms with Gasteiger partial charge in [-0.05, 0) is 48.7 Å². The van der Waals surface area contributed by atoms with E-state index in [4.69, 9.17) is 11.6 Å². The molecule has 0 fully saturated rings. The van der Waals surface area contributed by atoms with Crippen LogP contribution in [0, 0.1) is 13.8 Å². The predicted molar refractivity (Wildman–Crippen MR) is 92.2 cm³/mol. The van der Waals surface area contributed by atoms with Crippen LogP contribution in [-0.2, 0) is 10.5 Å². The number of rotatable bonds is 5. The molecular formula is C17H18ClNOS. The molecule has 2 nitrogen and oxygen atoms in total. The van der Waals surface area contributed by atoms with Gasteiger partial charge in [-0.2, -0.15) is 0 Å². The number of benzene rings is 2. The van der Waals surface area contributed by atoms with E-state index in [9.17, 15) is 4.79 Å². The number of hydrogen-bond donors (Lipinski definition) is 1. The van der Waals surface area contributed by atoms with E-state index in [-0.39, 0.29) is 5.91 Å². The van der Waals surface area contributed by atoms with Gasteiger partial charge in [0, 0.05) is 16.5 Å². The number of amides is 1. The van der Waals surface area contributed by atoms with E-state index in [1.54, 1.807) is 17.8 Å². The van der Waals surface area contributed by atoms with Crippen LogP contribution in [0.4, 0.5) is 5.69 Å². The summed E-state index contributed by atoms with van der Waals surface area (Å²) in [5, 5.41) is 3.60. The van der Waals surface area contributed by atoms with Gasteiger partial charge >= 0.3 is 0 Å². The molecule has 0 heterocycles. The van der Waals surface area contributed by atoms with Gasteiger partial charge in [-0.15, -0.1) is 11.8 Å². The van der Waals surface area contributed by atoms with E-state index in [1.165, 1.54) is 11.1 Å². The van der Waals surface area contributed by atoms with Crippen LogP contribution in [0.15, 0.2) is 42.5 Å². The van der Waals surface area contributed by atoms with E-state index < -0.39 is 0 Å². The first-order valence-electron chi connectivity index (χ1n) is 6.74. The molecule has 0 atom stereocenters. The van der Waals surface area contributed by atoms with Crippen LogP contribution in [0.5, 0.6) is 0 Å². The summed E-state index contributed by atoms with van der Waals surface area (Å²) < 4.78 is 0. The van der Waals surface area contributed by atoms with Crippen molar-refractivity contribution in [3.05, 3.63) is 64.2 Å². The Hall–Kier alpha value is -1.45. The molecule has 2 rings (SSSR count). The highest BCUT2D eigenvalue weighted by atomic mass is 35.5. The van der Waals surface area contributed by atoms with Crippen molar-refractivity contribution in [2.45, 2.75) is 19.6 Å². The second kappa shape index (κ2) is 7.53. The molecule has 0 radical (unpaired) electrons. The molecule has 0 unspecified atom stereocenters. The Balaban J connectivity index is 1.84. The lowest BCUT2D eigenvalue weighted by Crippen LogP contribution is -2.15. The van der Waals surface area contributed by atoms with Crippen molar-refractivity contribution < 1.29 is 4.79 Å². The van der Waals surface area contributed by atoms with Crippen LogP contribution in [0.3, 0.4) is 0 Å². The van der Waals surface area contributed by atoms with Crippen molar-refractivity contribution >= 4 is 35.0 Å². The molecule has 0 bridgehead atoms. The van der Waals surface area contributed by atoms with Crippen molar-refractivity contribution in [3.8, 4) is 0 Å². The maximum atomic E-state index is 12.0. The number of thioether (sulfide) groups is 1. The third-order valence-corrected chi connectivity index (χ3v) is 4.43. The van der Waals surface area contributed by atoms with Gasteiger partial charge in [0.25, 0.3) is 0 Å².